The molecule has 0 radical (unpaired) electrons. The molecule has 0 aliphatic heterocycles. The Bertz CT molecular complexity index is 1340. The lowest BCUT2D eigenvalue weighted by Crippen LogP contribution is -2.39. The molecule has 0 spiro atoms. The fraction of sp³-hybridized carbons (Fsp3) is 0.370. The summed E-state index contributed by atoms with van der Waals surface area (Å²) in [7, 11) is 0. The number of fused-ring (bicyclic) bond motifs is 1. The van der Waals surface area contributed by atoms with E-state index in [1.165, 1.54) is 0 Å². The van der Waals surface area contributed by atoms with E-state index < -0.39 is 0 Å². The highest BCUT2D eigenvalue weighted by atomic mass is 35.5. The minimum Gasteiger partial charge on any atom is -0.348 e. The van der Waals surface area contributed by atoms with Gasteiger partial charge in [0, 0.05) is 47.7 Å². The first-order valence-electron chi connectivity index (χ1n) is 12.2. The maximum atomic E-state index is 12.8. The van der Waals surface area contributed by atoms with E-state index in [0.29, 0.717) is 22.5 Å². The number of nitrogens with zero attached hydrogens (tertiary/aromatic N) is 5. The van der Waals surface area contributed by atoms with Crippen LogP contribution in [-0.2, 0) is 6.42 Å². The number of hydrogen-bond acceptors (Lipinski definition) is 5. The van der Waals surface area contributed by atoms with Crippen LogP contribution in [0.15, 0.2) is 55.0 Å². The second-order valence-corrected chi connectivity index (χ2v) is 10.1. The van der Waals surface area contributed by atoms with E-state index in [0.717, 1.165) is 54.5 Å². The van der Waals surface area contributed by atoms with Gasteiger partial charge in [-0.3, -0.25) is 9.78 Å². The summed E-state index contributed by atoms with van der Waals surface area (Å²) < 4.78 is 2.40. The summed E-state index contributed by atoms with van der Waals surface area (Å²) in [5.41, 5.74) is 3.40. The van der Waals surface area contributed by atoms with Gasteiger partial charge in [-0.15, -0.1) is 0 Å². The third kappa shape index (κ3) is 5.20. The number of rotatable bonds is 6. The smallest absolute Gasteiger partial charge is 0.270 e. The Balaban J connectivity index is 1.46. The highest BCUT2D eigenvalue weighted by molar-refractivity contribution is 6.30. The molecule has 2 atom stereocenters. The number of carbonyl (C=O) groups excluding carboxylic acids is 1. The van der Waals surface area contributed by atoms with E-state index in [1.54, 1.807) is 30.7 Å². The van der Waals surface area contributed by atoms with E-state index in [-0.39, 0.29) is 18.0 Å². The van der Waals surface area contributed by atoms with Gasteiger partial charge in [-0.1, -0.05) is 25.4 Å². The van der Waals surface area contributed by atoms with Gasteiger partial charge in [0.15, 0.2) is 5.82 Å². The Kier molecular flexibility index (Phi) is 6.77. The molecule has 3 heterocycles. The van der Waals surface area contributed by atoms with Crippen LogP contribution in [-0.4, -0.2) is 36.5 Å². The lowest BCUT2D eigenvalue weighted by molar-refractivity contribution is 0.0915. The van der Waals surface area contributed by atoms with E-state index in [2.05, 4.69) is 50.8 Å². The normalized spacial score (nSPS) is 18.2. The zero-order valence-corrected chi connectivity index (χ0v) is 20.7. The van der Waals surface area contributed by atoms with Crippen LogP contribution < -0.4 is 5.32 Å². The van der Waals surface area contributed by atoms with Crippen molar-refractivity contribution in [1.82, 2.24) is 29.8 Å². The molecular formula is C27H29ClN6O. The van der Waals surface area contributed by atoms with Gasteiger partial charge in [-0.05, 0) is 68.0 Å². The van der Waals surface area contributed by atoms with Crippen molar-refractivity contribution in [2.24, 2.45) is 5.92 Å². The van der Waals surface area contributed by atoms with E-state index in [9.17, 15) is 4.79 Å². The molecule has 1 N–H and O–H groups in total. The molecule has 1 aromatic carbocycles. The molecule has 180 valence electrons. The zero-order valence-electron chi connectivity index (χ0n) is 20.0. The van der Waals surface area contributed by atoms with E-state index >= 15 is 0 Å². The quantitative estimate of drug-likeness (QED) is 0.379. The summed E-state index contributed by atoms with van der Waals surface area (Å²) in [5, 5.41) is 3.69. The minimum absolute atomic E-state index is 0.0621. The Labute approximate surface area is 210 Å². The predicted octanol–water partition coefficient (Wildman–Crippen LogP) is 5.65. The van der Waals surface area contributed by atoms with Crippen LogP contribution in [0.25, 0.3) is 22.4 Å². The maximum absolute atomic E-state index is 12.8. The molecule has 1 fully saturated rings. The van der Waals surface area contributed by atoms with Crippen LogP contribution in [0.4, 0.5) is 0 Å². The van der Waals surface area contributed by atoms with Crippen molar-refractivity contribution in [1.29, 1.82) is 0 Å². The minimum atomic E-state index is -0.181. The number of carbonyl (C=O) groups is 1. The van der Waals surface area contributed by atoms with Crippen LogP contribution in [0.1, 0.15) is 61.9 Å². The topological polar surface area (TPSA) is 85.6 Å². The largest absolute Gasteiger partial charge is 0.348 e. The molecule has 1 aliphatic rings. The fourth-order valence-electron chi connectivity index (χ4n) is 4.96. The molecule has 1 saturated carbocycles. The van der Waals surface area contributed by atoms with Gasteiger partial charge in [-0.25, -0.2) is 15.0 Å². The second-order valence-electron chi connectivity index (χ2n) is 9.62. The molecule has 35 heavy (non-hydrogen) atoms. The van der Waals surface area contributed by atoms with Crippen molar-refractivity contribution in [3.63, 3.8) is 0 Å². The Morgan fingerprint density at radius 2 is 1.94 bits per heavy atom. The summed E-state index contributed by atoms with van der Waals surface area (Å²) >= 11 is 6.05. The summed E-state index contributed by atoms with van der Waals surface area (Å²) in [5.74, 6) is 2.10. The Morgan fingerprint density at radius 3 is 2.71 bits per heavy atom. The second kappa shape index (κ2) is 10.1. The molecule has 5 rings (SSSR count). The average molecular weight is 489 g/mol. The van der Waals surface area contributed by atoms with Crippen molar-refractivity contribution in [2.45, 2.75) is 58.0 Å². The van der Waals surface area contributed by atoms with Gasteiger partial charge in [0.25, 0.3) is 5.91 Å². The third-order valence-electron chi connectivity index (χ3n) is 6.48. The van der Waals surface area contributed by atoms with Crippen LogP contribution in [0.3, 0.4) is 0 Å². The molecule has 2 unspecified atom stereocenters. The fourth-order valence-corrected chi connectivity index (χ4v) is 5.12. The number of pyridine rings is 1. The Morgan fingerprint density at radius 1 is 1.11 bits per heavy atom. The predicted molar refractivity (Wildman–Crippen MR) is 137 cm³/mol. The lowest BCUT2D eigenvalue weighted by Gasteiger charge is -2.32. The van der Waals surface area contributed by atoms with Gasteiger partial charge in [0.2, 0.25) is 0 Å². The van der Waals surface area contributed by atoms with Crippen LogP contribution in [0.2, 0.25) is 5.02 Å². The number of amides is 1. The first-order chi connectivity index (χ1) is 17.0. The van der Waals surface area contributed by atoms with Crippen molar-refractivity contribution < 1.29 is 4.79 Å². The average Bonchev–Trinajstić information content (AvgIpc) is 3.21. The van der Waals surface area contributed by atoms with Gasteiger partial charge in [-0.2, -0.15) is 0 Å². The Hall–Kier alpha value is -3.32. The van der Waals surface area contributed by atoms with Gasteiger partial charge < -0.3 is 9.88 Å². The summed E-state index contributed by atoms with van der Waals surface area (Å²) in [4.78, 5) is 30.9. The van der Waals surface area contributed by atoms with Crippen LogP contribution >= 0.6 is 11.6 Å². The first kappa shape index (κ1) is 23.4. The molecule has 8 heteroatoms. The number of hydrogen-bond donors (Lipinski definition) is 1. The maximum Gasteiger partial charge on any atom is 0.270 e. The highest BCUT2D eigenvalue weighted by Gasteiger charge is 2.28. The molecule has 7 nitrogen and oxygen atoms in total. The standard InChI is InChI=1S/C27H29ClN6O/c1-17(2)13-25-33-22-8-7-18(26-30-10-4-11-31-26)14-24(22)34(25)21-6-3-5-20(16-21)32-27(35)23-15-19(28)9-12-29-23/h4,7-12,14-15,17,20-21H,3,5-6,13,16H2,1-2H3,(H,32,35). The number of aromatic nitrogens is 5. The number of nitrogens with one attached hydrogen (secondary N) is 1. The molecule has 1 amide bonds. The molecular weight excluding hydrogens is 460 g/mol. The van der Waals surface area contributed by atoms with Crippen LogP contribution in [0, 0.1) is 5.92 Å². The van der Waals surface area contributed by atoms with Gasteiger partial charge in [0.1, 0.15) is 11.5 Å². The molecule has 3 aromatic heterocycles. The van der Waals surface area contributed by atoms with Gasteiger partial charge in [0.05, 0.1) is 11.0 Å². The SMILES string of the molecule is CC(C)Cc1nc2ccc(-c3ncccn3)cc2n1C1CCCC(NC(=O)c2cc(Cl)ccn2)C1. The zero-order chi connectivity index (χ0) is 24.4. The third-order valence-corrected chi connectivity index (χ3v) is 6.71. The molecule has 0 bridgehead atoms. The van der Waals surface area contributed by atoms with E-state index in [4.69, 9.17) is 16.6 Å². The number of halogens is 1. The van der Waals surface area contributed by atoms with Gasteiger partial charge >= 0.3 is 0 Å². The molecule has 4 aromatic rings. The van der Waals surface area contributed by atoms with Crippen molar-refractivity contribution in [3.05, 3.63) is 71.5 Å². The van der Waals surface area contributed by atoms with Crippen molar-refractivity contribution in [3.8, 4) is 11.4 Å². The summed E-state index contributed by atoms with van der Waals surface area (Å²) in [6, 6.07) is 11.7. The highest BCUT2D eigenvalue weighted by Crippen LogP contribution is 2.35. The van der Waals surface area contributed by atoms with Crippen molar-refractivity contribution in [2.75, 3.05) is 0 Å². The van der Waals surface area contributed by atoms with Crippen LogP contribution in [0.5, 0.6) is 0 Å². The molecule has 0 saturated heterocycles. The number of imidazole rings is 1. The monoisotopic (exact) mass is 488 g/mol. The summed E-state index contributed by atoms with van der Waals surface area (Å²) in [6.45, 7) is 4.43. The first-order valence-corrected chi connectivity index (χ1v) is 12.6. The molecule has 1 aliphatic carbocycles. The lowest BCUT2D eigenvalue weighted by atomic mass is 9.90. The van der Waals surface area contributed by atoms with E-state index in [1.807, 2.05) is 12.1 Å². The number of benzene rings is 1. The summed E-state index contributed by atoms with van der Waals surface area (Å²) in [6.07, 6.45) is 9.84. The van der Waals surface area contributed by atoms with Crippen molar-refractivity contribution >= 4 is 28.5 Å².